The summed E-state index contributed by atoms with van der Waals surface area (Å²) in [6, 6.07) is 9.02. The molecule has 1 aromatic carbocycles. The summed E-state index contributed by atoms with van der Waals surface area (Å²) in [5.74, 6) is -1.96. The zero-order valence-electron chi connectivity index (χ0n) is 14.5. The van der Waals surface area contributed by atoms with Crippen LogP contribution >= 0.6 is 35.3 Å². The standard InChI is InChI=1S/C17H12N4O5S3/c22-14(18-19-15(23)11-5-1-2-6-12(11)21(25)26)9-20-16(24)13(29-17(20)27)8-10-4-3-7-28-10/h1-8H,9H2,(H,18,22)(H,19,23). The van der Waals surface area contributed by atoms with Gasteiger partial charge in [-0.2, -0.15) is 0 Å². The van der Waals surface area contributed by atoms with Crippen molar-refractivity contribution in [2.24, 2.45) is 0 Å². The van der Waals surface area contributed by atoms with Crippen molar-refractivity contribution in [1.29, 1.82) is 0 Å². The van der Waals surface area contributed by atoms with Gasteiger partial charge in [-0.3, -0.25) is 40.2 Å². The molecular formula is C17H12N4O5S3. The van der Waals surface area contributed by atoms with E-state index in [1.807, 2.05) is 17.5 Å². The van der Waals surface area contributed by atoms with E-state index >= 15 is 0 Å². The van der Waals surface area contributed by atoms with Gasteiger partial charge in [0.2, 0.25) is 0 Å². The third-order valence-corrected chi connectivity index (χ3v) is 5.85. The Bertz CT molecular complexity index is 1040. The van der Waals surface area contributed by atoms with Gasteiger partial charge in [-0.25, -0.2) is 0 Å². The van der Waals surface area contributed by atoms with Crippen molar-refractivity contribution in [1.82, 2.24) is 15.8 Å². The van der Waals surface area contributed by atoms with E-state index in [9.17, 15) is 24.5 Å². The second-order valence-corrected chi connectivity index (χ2v) is 8.21. The molecule has 1 aromatic heterocycles. The van der Waals surface area contributed by atoms with Gasteiger partial charge in [0.15, 0.2) is 0 Å². The maximum absolute atomic E-state index is 12.5. The van der Waals surface area contributed by atoms with Gasteiger partial charge in [-0.1, -0.05) is 42.2 Å². The number of carbonyl (C=O) groups excluding carboxylic acids is 3. The minimum Gasteiger partial charge on any atom is -0.283 e. The Balaban J connectivity index is 1.60. The Labute approximate surface area is 177 Å². The van der Waals surface area contributed by atoms with Gasteiger partial charge in [-0.05, 0) is 23.6 Å². The average Bonchev–Trinajstić information content (AvgIpc) is 3.30. The summed E-state index contributed by atoms with van der Waals surface area (Å²) in [4.78, 5) is 49.4. The van der Waals surface area contributed by atoms with Gasteiger partial charge in [-0.15, -0.1) is 11.3 Å². The number of thioether (sulfide) groups is 1. The topological polar surface area (TPSA) is 122 Å². The van der Waals surface area contributed by atoms with Crippen LogP contribution in [0.5, 0.6) is 0 Å². The third-order valence-electron chi connectivity index (χ3n) is 3.65. The van der Waals surface area contributed by atoms with Crippen molar-refractivity contribution in [2.75, 3.05) is 6.54 Å². The maximum Gasteiger partial charge on any atom is 0.282 e. The zero-order chi connectivity index (χ0) is 21.0. The van der Waals surface area contributed by atoms with Crippen LogP contribution in [0, 0.1) is 10.1 Å². The molecule has 0 spiro atoms. The lowest BCUT2D eigenvalue weighted by atomic mass is 10.2. The summed E-state index contributed by atoms with van der Waals surface area (Å²) < 4.78 is 0.220. The van der Waals surface area contributed by atoms with Crippen LogP contribution in [0.2, 0.25) is 0 Å². The van der Waals surface area contributed by atoms with Crippen molar-refractivity contribution in [2.45, 2.75) is 0 Å². The van der Waals surface area contributed by atoms with Gasteiger partial charge >= 0.3 is 0 Å². The molecule has 9 nitrogen and oxygen atoms in total. The van der Waals surface area contributed by atoms with E-state index in [1.54, 1.807) is 6.08 Å². The van der Waals surface area contributed by atoms with Crippen molar-refractivity contribution in [3.8, 4) is 0 Å². The number of nitro groups is 1. The number of carbonyl (C=O) groups is 3. The Morgan fingerprint density at radius 2 is 1.97 bits per heavy atom. The molecule has 148 valence electrons. The zero-order valence-corrected chi connectivity index (χ0v) is 16.9. The van der Waals surface area contributed by atoms with Crippen LogP contribution in [-0.2, 0) is 9.59 Å². The molecule has 3 amide bonds. The number of hydrazine groups is 1. The maximum atomic E-state index is 12.5. The Morgan fingerprint density at radius 1 is 1.21 bits per heavy atom. The second kappa shape index (κ2) is 8.94. The Morgan fingerprint density at radius 3 is 2.66 bits per heavy atom. The van der Waals surface area contributed by atoms with E-state index in [0.717, 1.165) is 21.5 Å². The molecule has 0 aliphatic carbocycles. The van der Waals surface area contributed by atoms with E-state index in [-0.39, 0.29) is 9.88 Å². The van der Waals surface area contributed by atoms with Crippen molar-refractivity contribution in [3.05, 3.63) is 67.2 Å². The smallest absolute Gasteiger partial charge is 0.282 e. The Kier molecular flexibility index (Phi) is 6.36. The predicted molar refractivity (Wildman–Crippen MR) is 113 cm³/mol. The van der Waals surface area contributed by atoms with Gasteiger partial charge in [0.1, 0.15) is 16.4 Å². The van der Waals surface area contributed by atoms with Gasteiger partial charge in [0, 0.05) is 10.9 Å². The number of hydrogen-bond acceptors (Lipinski definition) is 8. The first-order chi connectivity index (χ1) is 13.9. The van der Waals surface area contributed by atoms with Crippen molar-refractivity contribution >= 4 is 69.1 Å². The molecule has 1 aliphatic heterocycles. The molecule has 0 unspecified atom stereocenters. The molecule has 0 radical (unpaired) electrons. The van der Waals surface area contributed by atoms with Crippen LogP contribution in [0.3, 0.4) is 0 Å². The summed E-state index contributed by atoms with van der Waals surface area (Å²) >= 11 is 7.70. The number of amides is 3. The van der Waals surface area contributed by atoms with E-state index in [1.165, 1.54) is 35.6 Å². The molecule has 0 bridgehead atoms. The summed E-state index contributed by atoms with van der Waals surface area (Å²) in [6.07, 6.45) is 1.69. The SMILES string of the molecule is O=C(CN1C(=O)C(=Cc2cccs2)SC1=S)NNC(=O)c1ccccc1[N+](=O)[O-]. The van der Waals surface area contributed by atoms with E-state index < -0.39 is 34.9 Å². The lowest BCUT2D eigenvalue weighted by Gasteiger charge is -2.14. The number of para-hydroxylation sites is 1. The Hall–Kier alpha value is -3.09. The monoisotopic (exact) mass is 448 g/mol. The van der Waals surface area contributed by atoms with Crippen molar-refractivity contribution in [3.63, 3.8) is 0 Å². The van der Waals surface area contributed by atoms with Crippen LogP contribution in [0.4, 0.5) is 5.69 Å². The lowest BCUT2D eigenvalue weighted by Crippen LogP contribution is -2.47. The fraction of sp³-hybridized carbons (Fsp3) is 0.0588. The second-order valence-electron chi connectivity index (χ2n) is 5.56. The fourth-order valence-corrected chi connectivity index (χ4v) is 4.32. The highest BCUT2D eigenvalue weighted by atomic mass is 32.2. The quantitative estimate of drug-likeness (QED) is 0.312. The van der Waals surface area contributed by atoms with E-state index in [4.69, 9.17) is 12.2 Å². The minimum atomic E-state index is -0.853. The van der Waals surface area contributed by atoms with Gasteiger partial charge in [0.05, 0.1) is 9.83 Å². The highest BCUT2D eigenvalue weighted by Gasteiger charge is 2.33. The van der Waals surface area contributed by atoms with Gasteiger partial charge < -0.3 is 0 Å². The van der Waals surface area contributed by atoms with Crippen LogP contribution in [-0.4, -0.2) is 38.4 Å². The summed E-state index contributed by atoms with van der Waals surface area (Å²) in [7, 11) is 0. The number of thiocarbonyl (C=S) groups is 1. The fourth-order valence-electron chi connectivity index (χ4n) is 2.34. The number of hydrogen-bond donors (Lipinski definition) is 2. The van der Waals surface area contributed by atoms with E-state index in [2.05, 4.69) is 10.9 Å². The summed E-state index contributed by atoms with van der Waals surface area (Å²) in [5.41, 5.74) is 3.64. The molecule has 2 heterocycles. The molecule has 0 saturated carbocycles. The molecule has 29 heavy (non-hydrogen) atoms. The molecule has 0 atom stereocenters. The largest absolute Gasteiger partial charge is 0.283 e. The molecule has 3 rings (SSSR count). The average molecular weight is 449 g/mol. The van der Waals surface area contributed by atoms with Crippen LogP contribution in [0.15, 0.2) is 46.7 Å². The van der Waals surface area contributed by atoms with E-state index in [0.29, 0.717) is 4.91 Å². The minimum absolute atomic E-state index is 0.206. The van der Waals surface area contributed by atoms with Crippen LogP contribution in [0.25, 0.3) is 6.08 Å². The molecule has 2 aromatic rings. The number of nitrogens with zero attached hydrogens (tertiary/aromatic N) is 2. The highest BCUT2D eigenvalue weighted by molar-refractivity contribution is 8.26. The predicted octanol–water partition coefficient (Wildman–Crippen LogP) is 2.32. The lowest BCUT2D eigenvalue weighted by molar-refractivity contribution is -0.385. The van der Waals surface area contributed by atoms with Crippen LogP contribution in [0.1, 0.15) is 15.2 Å². The molecule has 2 N–H and O–H groups in total. The summed E-state index contributed by atoms with van der Waals surface area (Å²) in [6.45, 7) is -0.399. The molecule has 1 fully saturated rings. The normalized spacial score (nSPS) is 14.9. The number of nitrogens with one attached hydrogen (secondary N) is 2. The number of nitro benzene ring substituents is 1. The molecule has 12 heteroatoms. The molecule has 1 saturated heterocycles. The molecule has 1 aliphatic rings. The number of benzene rings is 1. The number of rotatable bonds is 5. The van der Waals surface area contributed by atoms with Crippen molar-refractivity contribution < 1.29 is 19.3 Å². The first kappa shape index (κ1) is 20.6. The highest BCUT2D eigenvalue weighted by Crippen LogP contribution is 2.33. The first-order valence-corrected chi connectivity index (χ1v) is 10.1. The first-order valence-electron chi connectivity index (χ1n) is 7.98. The third kappa shape index (κ3) is 4.85. The van der Waals surface area contributed by atoms with Crippen LogP contribution < -0.4 is 10.9 Å². The number of thiophene rings is 1. The summed E-state index contributed by atoms with van der Waals surface area (Å²) in [5, 5.41) is 12.9. The molecular weight excluding hydrogens is 436 g/mol. The van der Waals surface area contributed by atoms with Gasteiger partial charge in [0.25, 0.3) is 23.4 Å².